The second kappa shape index (κ2) is 13.6. The second-order valence-electron chi connectivity index (χ2n) is 9.46. The van der Waals surface area contributed by atoms with Crippen molar-refractivity contribution in [3.05, 3.63) is 78.8 Å². The number of para-hydroxylation sites is 1. The van der Waals surface area contributed by atoms with Crippen molar-refractivity contribution in [2.75, 3.05) is 31.5 Å². The molecular formula is C29H34N8O3. The van der Waals surface area contributed by atoms with Crippen LogP contribution in [0.2, 0.25) is 0 Å². The van der Waals surface area contributed by atoms with E-state index in [-0.39, 0.29) is 31.8 Å². The molecule has 0 saturated heterocycles. The Morgan fingerprint density at radius 1 is 0.825 bits per heavy atom. The smallest absolute Gasteiger partial charge is 0.247 e. The van der Waals surface area contributed by atoms with Gasteiger partial charge in [0.25, 0.3) is 0 Å². The molecule has 4 aromatic rings. The monoisotopic (exact) mass is 542 g/mol. The van der Waals surface area contributed by atoms with Crippen LogP contribution in [0.15, 0.2) is 73.1 Å². The van der Waals surface area contributed by atoms with Gasteiger partial charge in [-0.1, -0.05) is 42.5 Å². The second-order valence-corrected chi connectivity index (χ2v) is 9.46. The van der Waals surface area contributed by atoms with E-state index in [4.69, 9.17) is 17.2 Å². The zero-order chi connectivity index (χ0) is 28.5. The molecule has 208 valence electrons. The van der Waals surface area contributed by atoms with Crippen molar-refractivity contribution in [1.29, 1.82) is 0 Å². The number of amides is 3. The van der Waals surface area contributed by atoms with Gasteiger partial charge in [-0.05, 0) is 23.6 Å². The molecule has 2 aromatic carbocycles. The summed E-state index contributed by atoms with van der Waals surface area (Å²) in [4.78, 5) is 49.6. The van der Waals surface area contributed by atoms with Crippen molar-refractivity contribution in [2.24, 2.45) is 17.2 Å². The number of nitrogens with one attached hydrogen (secondary N) is 2. The molecule has 3 amide bonds. The van der Waals surface area contributed by atoms with Crippen molar-refractivity contribution >= 4 is 45.1 Å². The maximum atomic E-state index is 13.5. The molecule has 40 heavy (non-hydrogen) atoms. The van der Waals surface area contributed by atoms with Gasteiger partial charge in [-0.3, -0.25) is 24.4 Å². The van der Waals surface area contributed by atoms with Crippen LogP contribution in [0.1, 0.15) is 12.1 Å². The molecule has 0 unspecified atom stereocenters. The topological polar surface area (TPSA) is 182 Å². The lowest BCUT2D eigenvalue weighted by Gasteiger charge is -2.24. The maximum absolute atomic E-state index is 13.5. The Morgan fingerprint density at radius 2 is 1.50 bits per heavy atom. The van der Waals surface area contributed by atoms with E-state index in [0.717, 1.165) is 21.7 Å². The van der Waals surface area contributed by atoms with Crippen molar-refractivity contribution in [3.63, 3.8) is 0 Å². The van der Waals surface area contributed by atoms with Crippen LogP contribution in [0.5, 0.6) is 0 Å². The van der Waals surface area contributed by atoms with Crippen molar-refractivity contribution in [2.45, 2.75) is 24.9 Å². The van der Waals surface area contributed by atoms with E-state index < -0.39 is 23.9 Å². The van der Waals surface area contributed by atoms with E-state index in [1.165, 1.54) is 4.90 Å². The molecule has 0 spiro atoms. The van der Waals surface area contributed by atoms with E-state index in [1.807, 2.05) is 54.6 Å². The third-order valence-corrected chi connectivity index (χ3v) is 6.47. The summed E-state index contributed by atoms with van der Waals surface area (Å²) in [6, 6.07) is 16.8. The highest BCUT2D eigenvalue weighted by molar-refractivity contribution is 5.99. The minimum Gasteiger partial charge on any atom is -0.343 e. The number of nitrogens with zero attached hydrogens (tertiary/aromatic N) is 3. The highest BCUT2D eigenvalue weighted by Gasteiger charge is 2.27. The zero-order valence-corrected chi connectivity index (χ0v) is 22.1. The Hall–Kier alpha value is -4.45. The molecule has 8 N–H and O–H groups in total. The van der Waals surface area contributed by atoms with Crippen LogP contribution >= 0.6 is 0 Å². The fourth-order valence-electron chi connectivity index (χ4n) is 4.39. The summed E-state index contributed by atoms with van der Waals surface area (Å²) in [7, 11) is 0. The SMILES string of the molecule is NCCN(CCN)C(=O)C[C@H](N)C(=O)N[C@@H](Cc1cc2ccccc2cn1)C(=O)Nc1cnc2ccccc2c1. The summed E-state index contributed by atoms with van der Waals surface area (Å²) in [5.41, 5.74) is 19.2. The highest BCUT2D eigenvalue weighted by Crippen LogP contribution is 2.18. The molecule has 2 aromatic heterocycles. The molecule has 4 rings (SSSR count). The quantitative estimate of drug-likeness (QED) is 0.175. The number of carbonyl (C=O) groups excluding carboxylic acids is 3. The number of carbonyl (C=O) groups is 3. The lowest BCUT2D eigenvalue weighted by Crippen LogP contribution is -2.52. The number of hydrogen-bond donors (Lipinski definition) is 5. The number of nitrogens with two attached hydrogens (primary N) is 3. The molecule has 0 fully saturated rings. The molecule has 11 heteroatoms. The van der Waals surface area contributed by atoms with E-state index >= 15 is 0 Å². The standard InChI is InChI=1S/C29H34N8O3/c30-9-11-37(12-10-31)27(38)16-24(32)28(39)36-26(15-22-13-19-5-1-2-7-21(19)17-33-22)29(40)35-23-14-20-6-3-4-8-25(20)34-18-23/h1-8,13-14,17-18,24,26H,9-12,15-16,30-32H2,(H,35,40)(H,36,39)/t24-,26-/m0/s1. The first kappa shape index (κ1) is 28.6. The number of anilines is 1. The summed E-state index contributed by atoms with van der Waals surface area (Å²) in [6.45, 7) is 1.14. The fourth-order valence-corrected chi connectivity index (χ4v) is 4.39. The van der Waals surface area contributed by atoms with E-state index in [1.54, 1.807) is 18.5 Å². The van der Waals surface area contributed by atoms with E-state index in [2.05, 4.69) is 20.6 Å². The first-order valence-electron chi connectivity index (χ1n) is 13.1. The number of benzene rings is 2. The Labute approximate surface area is 232 Å². The Morgan fingerprint density at radius 3 is 2.23 bits per heavy atom. The number of pyridine rings is 2. The van der Waals surface area contributed by atoms with Gasteiger partial charge in [0.15, 0.2) is 0 Å². The normalized spacial score (nSPS) is 12.6. The first-order chi connectivity index (χ1) is 19.4. The molecule has 2 atom stereocenters. The highest BCUT2D eigenvalue weighted by atomic mass is 16.2. The molecule has 0 saturated carbocycles. The van der Waals surface area contributed by atoms with Crippen molar-refractivity contribution in [3.8, 4) is 0 Å². The van der Waals surface area contributed by atoms with E-state index in [0.29, 0.717) is 24.5 Å². The van der Waals surface area contributed by atoms with Gasteiger partial charge in [-0.15, -0.1) is 0 Å². The Balaban J connectivity index is 1.52. The summed E-state index contributed by atoms with van der Waals surface area (Å²) >= 11 is 0. The van der Waals surface area contributed by atoms with Crippen LogP contribution in [-0.2, 0) is 20.8 Å². The summed E-state index contributed by atoms with van der Waals surface area (Å²) < 4.78 is 0. The molecular weight excluding hydrogens is 508 g/mol. The van der Waals surface area contributed by atoms with Crippen LogP contribution in [0.25, 0.3) is 21.7 Å². The molecule has 0 aliphatic carbocycles. The lowest BCUT2D eigenvalue weighted by molar-refractivity contribution is -0.134. The minimum atomic E-state index is -1.17. The van der Waals surface area contributed by atoms with Crippen LogP contribution in [0.3, 0.4) is 0 Å². The third-order valence-electron chi connectivity index (χ3n) is 6.47. The molecule has 11 nitrogen and oxygen atoms in total. The summed E-state index contributed by atoms with van der Waals surface area (Å²) in [6.07, 6.45) is 3.14. The predicted octanol–water partition coefficient (Wildman–Crippen LogP) is 0.912. The lowest BCUT2D eigenvalue weighted by atomic mass is 10.1. The van der Waals surface area contributed by atoms with Gasteiger partial charge in [-0.25, -0.2) is 0 Å². The first-order valence-corrected chi connectivity index (χ1v) is 13.1. The van der Waals surface area contributed by atoms with Gasteiger partial charge in [0.2, 0.25) is 17.7 Å². The number of rotatable bonds is 12. The van der Waals surface area contributed by atoms with Crippen LogP contribution in [-0.4, -0.2) is 70.9 Å². The third kappa shape index (κ3) is 7.35. The van der Waals surface area contributed by atoms with Crippen molar-refractivity contribution < 1.29 is 14.4 Å². The number of aromatic nitrogens is 2. The zero-order valence-electron chi connectivity index (χ0n) is 22.1. The van der Waals surface area contributed by atoms with Gasteiger partial charge in [0.05, 0.1) is 29.9 Å². The van der Waals surface area contributed by atoms with E-state index in [9.17, 15) is 14.4 Å². The van der Waals surface area contributed by atoms with Crippen LogP contribution < -0.4 is 27.8 Å². The van der Waals surface area contributed by atoms with Gasteiger partial charge < -0.3 is 32.7 Å². The number of hydrogen-bond acceptors (Lipinski definition) is 8. The summed E-state index contributed by atoms with van der Waals surface area (Å²) in [5.74, 6) is -1.43. The van der Waals surface area contributed by atoms with Gasteiger partial charge in [0.1, 0.15) is 6.04 Å². The van der Waals surface area contributed by atoms with Gasteiger partial charge >= 0.3 is 0 Å². The van der Waals surface area contributed by atoms with Crippen molar-refractivity contribution in [1.82, 2.24) is 20.2 Å². The average Bonchev–Trinajstić information content (AvgIpc) is 2.96. The molecule has 2 heterocycles. The Bertz CT molecular complexity index is 1490. The average molecular weight is 543 g/mol. The minimum absolute atomic E-state index is 0.108. The molecule has 0 radical (unpaired) electrons. The maximum Gasteiger partial charge on any atom is 0.247 e. The molecule has 0 bridgehead atoms. The van der Waals surface area contributed by atoms with Crippen LogP contribution in [0.4, 0.5) is 5.69 Å². The van der Waals surface area contributed by atoms with Crippen LogP contribution in [0, 0.1) is 0 Å². The molecule has 0 aliphatic heterocycles. The predicted molar refractivity (Wildman–Crippen MR) is 155 cm³/mol. The number of fused-ring (bicyclic) bond motifs is 2. The van der Waals surface area contributed by atoms with Gasteiger partial charge in [0, 0.05) is 55.3 Å². The molecule has 0 aliphatic rings. The summed E-state index contributed by atoms with van der Waals surface area (Å²) in [5, 5.41) is 8.34. The fraction of sp³-hybridized carbons (Fsp3) is 0.276. The Kier molecular flexibility index (Phi) is 9.68. The largest absolute Gasteiger partial charge is 0.343 e. The van der Waals surface area contributed by atoms with Gasteiger partial charge in [-0.2, -0.15) is 0 Å².